The van der Waals surface area contributed by atoms with Crippen LogP contribution in [0.3, 0.4) is 0 Å². The first-order valence-electron chi connectivity index (χ1n) is 6.99. The Morgan fingerprint density at radius 1 is 0.842 bits per heavy atom. The molecule has 2 aliphatic rings. The molecule has 0 unspecified atom stereocenters. The van der Waals surface area contributed by atoms with Crippen molar-refractivity contribution in [1.29, 1.82) is 0 Å². The lowest BCUT2D eigenvalue weighted by atomic mass is 10.2. The minimum absolute atomic E-state index is 1.09. The van der Waals surface area contributed by atoms with Crippen LogP contribution < -0.4 is 0 Å². The molecule has 2 aliphatic carbocycles. The molecule has 0 amide bonds. The maximum atomic E-state index is 4.20. The Labute approximate surface area is 118 Å². The van der Waals surface area contributed by atoms with Gasteiger partial charge >= 0.3 is 0 Å². The van der Waals surface area contributed by atoms with Crippen LogP contribution in [0.25, 0.3) is 0 Å². The van der Waals surface area contributed by atoms with E-state index in [1.54, 1.807) is 10.4 Å². The molecule has 2 rings (SSSR count). The molecule has 0 saturated heterocycles. The molecule has 0 nitrogen and oxygen atoms in total. The van der Waals surface area contributed by atoms with Crippen molar-refractivity contribution in [3.63, 3.8) is 0 Å². The first kappa shape index (κ1) is 14.1. The van der Waals surface area contributed by atoms with Gasteiger partial charge in [0.25, 0.3) is 0 Å². The summed E-state index contributed by atoms with van der Waals surface area (Å²) in [5.41, 5.74) is 10.3. The molecule has 0 bridgehead atoms. The second-order valence-electron chi connectivity index (χ2n) is 5.77. The first-order chi connectivity index (χ1) is 8.97. The topological polar surface area (TPSA) is 0 Å². The molecular formula is C18H24Si. The maximum Gasteiger partial charge on any atom is 0.164 e. The zero-order valence-electron chi connectivity index (χ0n) is 12.6. The summed E-state index contributed by atoms with van der Waals surface area (Å²) in [4.78, 5) is 0. The highest BCUT2D eigenvalue weighted by Crippen LogP contribution is 2.43. The van der Waals surface area contributed by atoms with Crippen molar-refractivity contribution in [3.05, 3.63) is 69.4 Å². The van der Waals surface area contributed by atoms with Crippen molar-refractivity contribution in [2.75, 3.05) is 0 Å². The SMILES string of the molecule is C=C[Si](C=C)(C1=C(C)CC=C1C)C1=C(C)CC=C1C. The fourth-order valence-electron chi connectivity index (χ4n) is 3.67. The van der Waals surface area contributed by atoms with E-state index in [2.05, 4.69) is 64.4 Å². The van der Waals surface area contributed by atoms with Gasteiger partial charge in [-0.2, -0.15) is 0 Å². The summed E-state index contributed by atoms with van der Waals surface area (Å²) >= 11 is 0. The number of hydrogen-bond acceptors (Lipinski definition) is 0. The van der Waals surface area contributed by atoms with Crippen molar-refractivity contribution in [2.24, 2.45) is 0 Å². The van der Waals surface area contributed by atoms with Gasteiger partial charge in [-0.25, -0.2) is 0 Å². The molecule has 100 valence electrons. The predicted octanol–water partition coefficient (Wildman–Crippen LogP) is 5.30. The summed E-state index contributed by atoms with van der Waals surface area (Å²) in [7, 11) is -1.98. The van der Waals surface area contributed by atoms with Crippen LogP contribution in [-0.2, 0) is 0 Å². The second-order valence-corrected chi connectivity index (χ2v) is 9.32. The summed E-state index contributed by atoms with van der Waals surface area (Å²) < 4.78 is 0. The van der Waals surface area contributed by atoms with Gasteiger partial charge in [0, 0.05) is 0 Å². The molecule has 0 aromatic rings. The third-order valence-corrected chi connectivity index (χ3v) is 9.13. The fourth-order valence-corrected chi connectivity index (χ4v) is 8.03. The molecule has 0 aromatic carbocycles. The molecule has 19 heavy (non-hydrogen) atoms. The molecule has 0 atom stereocenters. The van der Waals surface area contributed by atoms with E-state index in [0.29, 0.717) is 0 Å². The van der Waals surface area contributed by atoms with Crippen LogP contribution in [0.1, 0.15) is 40.5 Å². The average Bonchev–Trinajstić information content (AvgIpc) is 2.90. The molecule has 0 saturated carbocycles. The van der Waals surface area contributed by atoms with E-state index >= 15 is 0 Å². The highest BCUT2D eigenvalue weighted by Gasteiger charge is 2.40. The zero-order valence-corrected chi connectivity index (χ0v) is 13.6. The Kier molecular flexibility index (Phi) is 3.68. The van der Waals surface area contributed by atoms with Crippen LogP contribution in [0.4, 0.5) is 0 Å². The normalized spacial score (nSPS) is 19.8. The largest absolute Gasteiger partial charge is 0.164 e. The van der Waals surface area contributed by atoms with Gasteiger partial charge in [-0.05, 0) is 50.9 Å². The lowest BCUT2D eigenvalue weighted by Gasteiger charge is -2.32. The van der Waals surface area contributed by atoms with Gasteiger partial charge in [-0.3, -0.25) is 0 Å². The monoisotopic (exact) mass is 268 g/mol. The minimum Gasteiger partial charge on any atom is -0.106 e. The van der Waals surface area contributed by atoms with Crippen LogP contribution >= 0.6 is 0 Å². The first-order valence-corrected chi connectivity index (χ1v) is 9.15. The van der Waals surface area contributed by atoms with Gasteiger partial charge in [-0.1, -0.05) is 45.8 Å². The molecule has 0 aromatic heterocycles. The van der Waals surface area contributed by atoms with Crippen molar-refractivity contribution in [1.82, 2.24) is 0 Å². The molecular weight excluding hydrogens is 244 g/mol. The van der Waals surface area contributed by atoms with Gasteiger partial charge in [-0.15, -0.1) is 13.2 Å². The smallest absolute Gasteiger partial charge is 0.106 e. The molecule has 0 aliphatic heterocycles. The summed E-state index contributed by atoms with van der Waals surface area (Å²) in [5, 5.41) is 3.09. The molecule has 0 heterocycles. The lowest BCUT2D eigenvalue weighted by Crippen LogP contribution is -2.37. The Balaban J connectivity index is 2.71. The van der Waals surface area contributed by atoms with E-state index in [4.69, 9.17) is 0 Å². The van der Waals surface area contributed by atoms with E-state index in [0.717, 1.165) is 12.8 Å². The highest BCUT2D eigenvalue weighted by atomic mass is 28.3. The quantitative estimate of drug-likeness (QED) is 0.607. The second kappa shape index (κ2) is 4.97. The van der Waals surface area contributed by atoms with Gasteiger partial charge in [0.15, 0.2) is 8.07 Å². The Morgan fingerprint density at radius 3 is 1.42 bits per heavy atom. The van der Waals surface area contributed by atoms with Crippen LogP contribution in [-0.4, -0.2) is 8.07 Å². The van der Waals surface area contributed by atoms with E-state index in [1.165, 1.54) is 22.3 Å². The zero-order chi connectivity index (χ0) is 14.2. The summed E-state index contributed by atoms with van der Waals surface area (Å²) in [6, 6.07) is 0. The standard InChI is InChI=1S/C18H24Si/c1-7-19(8-2,17-13(3)9-10-14(17)4)18-15(5)11-12-16(18)6/h7-9,11H,1-2,10,12H2,3-6H3. The highest BCUT2D eigenvalue weighted by molar-refractivity contribution is 7.02. The minimum atomic E-state index is -1.98. The van der Waals surface area contributed by atoms with Crippen molar-refractivity contribution in [2.45, 2.75) is 40.5 Å². The van der Waals surface area contributed by atoms with Gasteiger partial charge in [0.1, 0.15) is 0 Å². The molecule has 0 N–H and O–H groups in total. The predicted molar refractivity (Wildman–Crippen MR) is 88.3 cm³/mol. The number of allylic oxidation sites excluding steroid dienone is 8. The fraction of sp³-hybridized carbons (Fsp3) is 0.333. The van der Waals surface area contributed by atoms with E-state index < -0.39 is 8.07 Å². The van der Waals surface area contributed by atoms with Crippen molar-refractivity contribution < 1.29 is 0 Å². The number of rotatable bonds is 4. The van der Waals surface area contributed by atoms with Gasteiger partial charge in [0.2, 0.25) is 0 Å². The van der Waals surface area contributed by atoms with Crippen molar-refractivity contribution in [3.8, 4) is 0 Å². The summed E-state index contributed by atoms with van der Waals surface area (Å²) in [6.45, 7) is 17.4. The van der Waals surface area contributed by atoms with E-state index in [1.807, 2.05) is 0 Å². The summed E-state index contributed by atoms with van der Waals surface area (Å²) in [6.07, 6.45) is 6.88. The molecule has 0 fully saturated rings. The summed E-state index contributed by atoms with van der Waals surface area (Å²) in [5.74, 6) is 0. The van der Waals surface area contributed by atoms with Crippen LogP contribution in [0.2, 0.25) is 0 Å². The lowest BCUT2D eigenvalue weighted by molar-refractivity contribution is 1.23. The third-order valence-electron chi connectivity index (χ3n) is 4.54. The molecule has 1 heteroatoms. The van der Waals surface area contributed by atoms with Crippen LogP contribution in [0.5, 0.6) is 0 Å². The molecule has 0 radical (unpaired) electrons. The maximum absolute atomic E-state index is 4.20. The average molecular weight is 268 g/mol. The van der Waals surface area contributed by atoms with Crippen LogP contribution in [0, 0.1) is 0 Å². The Bertz CT molecular complexity index is 512. The van der Waals surface area contributed by atoms with E-state index in [-0.39, 0.29) is 0 Å². The third kappa shape index (κ3) is 1.97. The van der Waals surface area contributed by atoms with Gasteiger partial charge < -0.3 is 0 Å². The van der Waals surface area contributed by atoms with Crippen LogP contribution in [0.15, 0.2) is 69.4 Å². The Morgan fingerprint density at radius 2 is 1.21 bits per heavy atom. The van der Waals surface area contributed by atoms with Crippen molar-refractivity contribution >= 4 is 8.07 Å². The Hall–Kier alpha value is -1.34. The number of hydrogen-bond donors (Lipinski definition) is 0. The van der Waals surface area contributed by atoms with Gasteiger partial charge in [0.05, 0.1) is 0 Å². The van der Waals surface area contributed by atoms with E-state index in [9.17, 15) is 0 Å². The molecule has 0 spiro atoms.